The van der Waals surface area contributed by atoms with Crippen LogP contribution in [0, 0.1) is 6.92 Å². The maximum atomic E-state index is 12.1. The summed E-state index contributed by atoms with van der Waals surface area (Å²) in [6, 6.07) is 13.9. The van der Waals surface area contributed by atoms with Gasteiger partial charge in [0, 0.05) is 6.54 Å². The molecule has 5 nitrogen and oxygen atoms in total. The number of benzene rings is 2. The average molecular weight is 386 g/mol. The van der Waals surface area contributed by atoms with Crippen molar-refractivity contribution in [1.82, 2.24) is 5.32 Å². The Morgan fingerprint density at radius 2 is 1.71 bits per heavy atom. The van der Waals surface area contributed by atoms with Crippen molar-refractivity contribution in [2.24, 2.45) is 0 Å². The summed E-state index contributed by atoms with van der Waals surface area (Å²) in [7, 11) is 1.61. The summed E-state index contributed by atoms with van der Waals surface area (Å²) < 4.78 is 11.1. The highest BCUT2D eigenvalue weighted by atomic mass is 16.5. The molecule has 0 radical (unpaired) electrons. The maximum absolute atomic E-state index is 12.1. The van der Waals surface area contributed by atoms with Crippen molar-refractivity contribution in [2.45, 2.75) is 52.2 Å². The fraction of sp³-hybridized carbons (Fsp3) is 0.435. The van der Waals surface area contributed by atoms with Crippen LogP contribution >= 0.6 is 0 Å². The zero-order valence-corrected chi connectivity index (χ0v) is 17.2. The number of methoxy groups -OCH3 is 1. The number of nitrogens with one attached hydrogen (secondary N) is 1. The molecule has 0 fully saturated rings. The summed E-state index contributed by atoms with van der Waals surface area (Å²) in [5, 5.41) is 12.9. The zero-order valence-electron chi connectivity index (χ0n) is 17.2. The summed E-state index contributed by atoms with van der Waals surface area (Å²) in [5.41, 5.74) is 3.35. The highest BCUT2D eigenvalue weighted by Crippen LogP contribution is 2.29. The second kappa shape index (κ2) is 10.7. The molecule has 1 amide bonds. The van der Waals surface area contributed by atoms with Crippen molar-refractivity contribution < 1.29 is 19.4 Å². The molecule has 0 bridgehead atoms. The molecule has 0 spiro atoms. The average Bonchev–Trinajstić information content (AvgIpc) is 2.67. The minimum atomic E-state index is -1.00. The van der Waals surface area contributed by atoms with Gasteiger partial charge < -0.3 is 19.9 Å². The van der Waals surface area contributed by atoms with Gasteiger partial charge in [0.2, 0.25) is 5.91 Å². The molecule has 0 aliphatic carbocycles. The van der Waals surface area contributed by atoms with E-state index < -0.39 is 6.10 Å². The monoisotopic (exact) mass is 385 g/mol. The fourth-order valence-corrected chi connectivity index (χ4v) is 2.86. The Labute approximate surface area is 167 Å². The van der Waals surface area contributed by atoms with Gasteiger partial charge in [-0.15, -0.1) is 0 Å². The zero-order chi connectivity index (χ0) is 20.5. The smallest absolute Gasteiger partial charge is 0.248 e. The van der Waals surface area contributed by atoms with Crippen molar-refractivity contribution in [3.05, 3.63) is 59.2 Å². The van der Waals surface area contributed by atoms with E-state index in [0.29, 0.717) is 37.3 Å². The number of ether oxygens (including phenoxy) is 2. The van der Waals surface area contributed by atoms with Gasteiger partial charge in [0.15, 0.2) is 11.5 Å². The Kier molecular flexibility index (Phi) is 8.33. The van der Waals surface area contributed by atoms with Crippen LogP contribution in [0.2, 0.25) is 0 Å². The molecule has 28 heavy (non-hydrogen) atoms. The number of amides is 1. The van der Waals surface area contributed by atoms with E-state index in [2.05, 4.69) is 5.32 Å². The summed E-state index contributed by atoms with van der Waals surface area (Å²) in [5.74, 6) is 1.05. The Morgan fingerprint density at radius 1 is 1.04 bits per heavy atom. The second-order valence-electron chi connectivity index (χ2n) is 7.23. The Bertz CT molecular complexity index is 756. The van der Waals surface area contributed by atoms with Gasteiger partial charge in [0.05, 0.1) is 13.2 Å². The van der Waals surface area contributed by atoms with Crippen LogP contribution in [0.3, 0.4) is 0 Å². The molecule has 2 aromatic rings. The normalized spacial score (nSPS) is 11.9. The van der Waals surface area contributed by atoms with E-state index in [1.165, 1.54) is 5.56 Å². The van der Waals surface area contributed by atoms with E-state index in [-0.39, 0.29) is 12.0 Å². The van der Waals surface area contributed by atoms with E-state index >= 15 is 0 Å². The highest BCUT2D eigenvalue weighted by molar-refractivity contribution is 5.80. The molecule has 0 saturated heterocycles. The minimum Gasteiger partial charge on any atom is -0.493 e. The van der Waals surface area contributed by atoms with Crippen LogP contribution < -0.4 is 14.8 Å². The molecule has 2 rings (SSSR count). The predicted molar refractivity (Wildman–Crippen MR) is 111 cm³/mol. The molecule has 2 aromatic carbocycles. The van der Waals surface area contributed by atoms with E-state index in [0.717, 1.165) is 11.1 Å². The van der Waals surface area contributed by atoms with Crippen LogP contribution in [0.1, 0.15) is 37.0 Å². The lowest BCUT2D eigenvalue weighted by Crippen LogP contribution is -2.36. The number of aliphatic hydroxyl groups is 1. The van der Waals surface area contributed by atoms with Crippen molar-refractivity contribution in [2.75, 3.05) is 13.7 Å². The van der Waals surface area contributed by atoms with Gasteiger partial charge in [0.1, 0.15) is 6.10 Å². The summed E-state index contributed by atoms with van der Waals surface area (Å²) in [6.45, 7) is 6.42. The highest BCUT2D eigenvalue weighted by Gasteiger charge is 2.14. The number of carbonyl (C=O) groups is 1. The van der Waals surface area contributed by atoms with Gasteiger partial charge in [-0.05, 0) is 63.3 Å². The van der Waals surface area contributed by atoms with Gasteiger partial charge in [-0.3, -0.25) is 4.79 Å². The Hall–Kier alpha value is -2.53. The van der Waals surface area contributed by atoms with Crippen molar-refractivity contribution in [1.29, 1.82) is 0 Å². The lowest BCUT2D eigenvalue weighted by molar-refractivity contribution is -0.129. The SMILES string of the molecule is COc1cc(CCNC(=O)C(O)CCc2ccc(C)cc2)ccc1OC(C)C. The van der Waals surface area contributed by atoms with Crippen LogP contribution in [0.5, 0.6) is 11.5 Å². The van der Waals surface area contributed by atoms with E-state index in [1.54, 1.807) is 7.11 Å². The third-order valence-electron chi connectivity index (χ3n) is 4.43. The van der Waals surface area contributed by atoms with Crippen LogP contribution in [-0.4, -0.2) is 36.9 Å². The van der Waals surface area contributed by atoms with E-state index in [1.807, 2.05) is 63.2 Å². The molecule has 2 N–H and O–H groups in total. The molecular formula is C23H31NO4. The molecule has 1 unspecified atom stereocenters. The fourth-order valence-electron chi connectivity index (χ4n) is 2.86. The van der Waals surface area contributed by atoms with Gasteiger partial charge in [0.25, 0.3) is 0 Å². The van der Waals surface area contributed by atoms with E-state index in [4.69, 9.17) is 9.47 Å². The number of aryl methyl sites for hydroxylation is 2. The summed E-state index contributed by atoms with van der Waals surface area (Å²) >= 11 is 0. The summed E-state index contributed by atoms with van der Waals surface area (Å²) in [6.07, 6.45) is 0.792. The number of carbonyl (C=O) groups excluding carboxylic acids is 1. The molecule has 5 heteroatoms. The first kappa shape index (κ1) is 21.8. The molecule has 0 heterocycles. The standard InChI is InChI=1S/C23H31NO4/c1-16(2)28-21-12-10-19(15-22(21)27-4)13-14-24-23(26)20(25)11-9-18-7-5-17(3)6-8-18/h5-8,10,12,15-16,20,25H,9,11,13-14H2,1-4H3,(H,24,26). The molecule has 0 aliphatic heterocycles. The van der Waals surface area contributed by atoms with Crippen LogP contribution in [0.4, 0.5) is 0 Å². The largest absolute Gasteiger partial charge is 0.493 e. The molecular weight excluding hydrogens is 354 g/mol. The van der Waals surface area contributed by atoms with Gasteiger partial charge in [-0.1, -0.05) is 35.9 Å². The van der Waals surface area contributed by atoms with Crippen LogP contribution in [0.25, 0.3) is 0 Å². The Morgan fingerprint density at radius 3 is 2.36 bits per heavy atom. The van der Waals surface area contributed by atoms with Crippen LogP contribution in [0.15, 0.2) is 42.5 Å². The lowest BCUT2D eigenvalue weighted by Gasteiger charge is -2.15. The van der Waals surface area contributed by atoms with Crippen molar-refractivity contribution in [3.8, 4) is 11.5 Å². The quantitative estimate of drug-likeness (QED) is 0.657. The second-order valence-corrected chi connectivity index (χ2v) is 7.23. The topological polar surface area (TPSA) is 67.8 Å². The predicted octanol–water partition coefficient (Wildman–Crippen LogP) is 3.44. The molecule has 0 aliphatic rings. The third kappa shape index (κ3) is 6.89. The molecule has 152 valence electrons. The first-order chi connectivity index (χ1) is 13.4. The maximum Gasteiger partial charge on any atom is 0.248 e. The van der Waals surface area contributed by atoms with Crippen molar-refractivity contribution in [3.63, 3.8) is 0 Å². The summed E-state index contributed by atoms with van der Waals surface area (Å²) in [4.78, 5) is 12.1. The molecule has 1 atom stereocenters. The van der Waals surface area contributed by atoms with Gasteiger partial charge in [-0.2, -0.15) is 0 Å². The van der Waals surface area contributed by atoms with Crippen LogP contribution in [-0.2, 0) is 17.6 Å². The first-order valence-electron chi connectivity index (χ1n) is 9.74. The number of aliphatic hydroxyl groups excluding tert-OH is 1. The van der Waals surface area contributed by atoms with E-state index in [9.17, 15) is 9.90 Å². The molecule has 0 saturated carbocycles. The van der Waals surface area contributed by atoms with Gasteiger partial charge >= 0.3 is 0 Å². The molecule has 0 aromatic heterocycles. The minimum absolute atomic E-state index is 0.0698. The van der Waals surface area contributed by atoms with Gasteiger partial charge in [-0.25, -0.2) is 0 Å². The first-order valence-corrected chi connectivity index (χ1v) is 9.74. The lowest BCUT2D eigenvalue weighted by atomic mass is 10.0. The number of hydrogen-bond acceptors (Lipinski definition) is 4. The number of rotatable bonds is 10. The Balaban J connectivity index is 1.78. The third-order valence-corrected chi connectivity index (χ3v) is 4.43. The number of hydrogen-bond donors (Lipinski definition) is 2. The van der Waals surface area contributed by atoms with Crippen molar-refractivity contribution >= 4 is 5.91 Å².